The van der Waals surface area contributed by atoms with Crippen molar-refractivity contribution in [3.63, 3.8) is 0 Å². The summed E-state index contributed by atoms with van der Waals surface area (Å²) < 4.78 is 5.05. The molecule has 1 aliphatic carbocycles. The molecule has 0 atom stereocenters. The van der Waals surface area contributed by atoms with E-state index in [1.807, 2.05) is 14.0 Å². The average molecular weight is 450 g/mol. The van der Waals surface area contributed by atoms with Gasteiger partial charge >= 0.3 is 6.09 Å². The van der Waals surface area contributed by atoms with Crippen molar-refractivity contribution in [3.8, 4) is 0 Å². The Labute approximate surface area is 162 Å². The number of rotatable bonds is 4. The Morgan fingerprint density at radius 2 is 1.96 bits per heavy atom. The lowest BCUT2D eigenvalue weighted by atomic mass is 9.97. The number of hydrogen-bond acceptors (Lipinski definition) is 3. The molecule has 1 amide bonds. The standard InChI is InChI=1S/C17H30N4O2.HI/c1-3-23-17(22)21-13-11-20(12-14-21)16(18-2)19-10-9-15-7-5-4-6-8-15;/h7H,3-6,8-14H2,1-2H3,(H,18,19);1H. The van der Waals surface area contributed by atoms with Gasteiger partial charge in [0.05, 0.1) is 6.61 Å². The van der Waals surface area contributed by atoms with Gasteiger partial charge in [-0.1, -0.05) is 11.6 Å². The van der Waals surface area contributed by atoms with Crippen molar-refractivity contribution in [1.82, 2.24) is 15.1 Å². The van der Waals surface area contributed by atoms with Crippen LogP contribution in [0.5, 0.6) is 0 Å². The van der Waals surface area contributed by atoms with E-state index < -0.39 is 0 Å². The molecule has 0 bridgehead atoms. The summed E-state index contributed by atoms with van der Waals surface area (Å²) in [6.07, 6.45) is 8.44. The first-order chi connectivity index (χ1) is 11.2. The summed E-state index contributed by atoms with van der Waals surface area (Å²) in [4.78, 5) is 20.1. The van der Waals surface area contributed by atoms with Crippen molar-refractivity contribution in [2.24, 2.45) is 4.99 Å². The first kappa shape index (κ1) is 21.1. The molecular weight excluding hydrogens is 419 g/mol. The maximum absolute atomic E-state index is 11.7. The lowest BCUT2D eigenvalue weighted by Gasteiger charge is -2.35. The fourth-order valence-electron chi connectivity index (χ4n) is 3.11. The minimum atomic E-state index is -0.209. The summed E-state index contributed by atoms with van der Waals surface area (Å²) in [7, 11) is 1.82. The summed E-state index contributed by atoms with van der Waals surface area (Å²) in [6, 6.07) is 0. The number of amides is 1. The Morgan fingerprint density at radius 3 is 2.54 bits per heavy atom. The third-order valence-electron chi connectivity index (χ3n) is 4.43. The Hall–Kier alpha value is -0.990. The molecule has 0 unspecified atom stereocenters. The van der Waals surface area contributed by atoms with Crippen molar-refractivity contribution in [2.75, 3.05) is 46.4 Å². The first-order valence-electron chi connectivity index (χ1n) is 8.79. The van der Waals surface area contributed by atoms with Gasteiger partial charge in [0.15, 0.2) is 5.96 Å². The van der Waals surface area contributed by atoms with Crippen LogP contribution in [0, 0.1) is 0 Å². The molecule has 0 spiro atoms. The maximum atomic E-state index is 11.7. The van der Waals surface area contributed by atoms with Gasteiger partial charge in [-0.25, -0.2) is 4.79 Å². The van der Waals surface area contributed by atoms with Gasteiger partial charge in [-0.2, -0.15) is 0 Å². The Bertz CT molecular complexity index is 446. The number of guanidine groups is 1. The number of aliphatic imine (C=N–C) groups is 1. The summed E-state index contributed by atoms with van der Waals surface area (Å²) in [6.45, 7) is 6.15. The van der Waals surface area contributed by atoms with Crippen LogP contribution in [0.15, 0.2) is 16.6 Å². The molecule has 1 N–H and O–H groups in total. The van der Waals surface area contributed by atoms with E-state index >= 15 is 0 Å². The van der Waals surface area contributed by atoms with Crippen LogP contribution in [0.25, 0.3) is 0 Å². The molecule has 1 fully saturated rings. The minimum Gasteiger partial charge on any atom is -0.450 e. The van der Waals surface area contributed by atoms with Gasteiger partial charge in [0.25, 0.3) is 0 Å². The van der Waals surface area contributed by atoms with Crippen molar-refractivity contribution in [1.29, 1.82) is 0 Å². The molecule has 0 saturated carbocycles. The molecule has 1 aliphatic heterocycles. The second-order valence-electron chi connectivity index (χ2n) is 6.01. The Kier molecular flexibility index (Phi) is 10.1. The van der Waals surface area contributed by atoms with E-state index in [0.717, 1.165) is 32.0 Å². The number of nitrogens with zero attached hydrogens (tertiary/aromatic N) is 3. The molecule has 0 aromatic rings. The topological polar surface area (TPSA) is 57.2 Å². The zero-order valence-corrected chi connectivity index (χ0v) is 17.3. The van der Waals surface area contributed by atoms with Crippen molar-refractivity contribution in [3.05, 3.63) is 11.6 Å². The molecule has 2 rings (SSSR count). The van der Waals surface area contributed by atoms with Gasteiger partial charge in [0.2, 0.25) is 0 Å². The maximum Gasteiger partial charge on any atom is 0.409 e. The van der Waals surface area contributed by atoms with Gasteiger partial charge in [-0.15, -0.1) is 24.0 Å². The summed E-state index contributed by atoms with van der Waals surface area (Å²) in [5, 5.41) is 3.46. The number of halogens is 1. The molecular formula is C17H31IN4O2. The van der Waals surface area contributed by atoms with Gasteiger partial charge in [-0.05, 0) is 39.0 Å². The van der Waals surface area contributed by atoms with Crippen LogP contribution in [-0.4, -0.2) is 68.2 Å². The quantitative estimate of drug-likeness (QED) is 0.310. The second kappa shape index (κ2) is 11.5. The highest BCUT2D eigenvalue weighted by Crippen LogP contribution is 2.19. The number of allylic oxidation sites excluding steroid dienone is 1. The van der Waals surface area contributed by atoms with E-state index in [1.165, 1.54) is 25.7 Å². The molecule has 138 valence electrons. The molecule has 2 aliphatic rings. The van der Waals surface area contributed by atoms with E-state index in [2.05, 4.69) is 21.3 Å². The van der Waals surface area contributed by atoms with Gasteiger partial charge in [0, 0.05) is 39.8 Å². The summed E-state index contributed by atoms with van der Waals surface area (Å²) in [5.74, 6) is 0.935. The second-order valence-corrected chi connectivity index (χ2v) is 6.01. The summed E-state index contributed by atoms with van der Waals surface area (Å²) in [5.41, 5.74) is 1.58. The van der Waals surface area contributed by atoms with Crippen LogP contribution < -0.4 is 5.32 Å². The van der Waals surface area contributed by atoms with E-state index in [4.69, 9.17) is 4.74 Å². The van der Waals surface area contributed by atoms with Crippen LogP contribution in [0.2, 0.25) is 0 Å². The number of hydrogen-bond donors (Lipinski definition) is 1. The van der Waals surface area contributed by atoms with Gasteiger partial charge in [0.1, 0.15) is 0 Å². The lowest BCUT2D eigenvalue weighted by molar-refractivity contribution is 0.0915. The monoisotopic (exact) mass is 450 g/mol. The number of carbonyl (C=O) groups excluding carboxylic acids is 1. The van der Waals surface area contributed by atoms with Crippen molar-refractivity contribution < 1.29 is 9.53 Å². The van der Waals surface area contributed by atoms with E-state index in [0.29, 0.717) is 19.7 Å². The zero-order valence-electron chi connectivity index (χ0n) is 14.9. The van der Waals surface area contributed by atoms with E-state index in [9.17, 15) is 4.79 Å². The molecule has 0 radical (unpaired) electrons. The highest BCUT2D eigenvalue weighted by molar-refractivity contribution is 14.0. The molecule has 0 aromatic heterocycles. The average Bonchev–Trinajstić information content (AvgIpc) is 2.60. The smallest absolute Gasteiger partial charge is 0.409 e. The van der Waals surface area contributed by atoms with Crippen LogP contribution in [0.4, 0.5) is 4.79 Å². The SMILES string of the molecule is CCOC(=O)N1CCN(C(=NC)NCCC2=CCCCC2)CC1.I. The molecule has 6 nitrogen and oxygen atoms in total. The Morgan fingerprint density at radius 1 is 1.25 bits per heavy atom. The molecule has 1 heterocycles. The van der Waals surface area contributed by atoms with E-state index in [-0.39, 0.29) is 30.1 Å². The van der Waals surface area contributed by atoms with Crippen molar-refractivity contribution in [2.45, 2.75) is 39.0 Å². The van der Waals surface area contributed by atoms with Crippen LogP contribution in [0.3, 0.4) is 0 Å². The number of carbonyl (C=O) groups is 1. The van der Waals surface area contributed by atoms with E-state index in [1.54, 1.807) is 10.5 Å². The van der Waals surface area contributed by atoms with Crippen LogP contribution in [-0.2, 0) is 4.74 Å². The molecule has 0 aromatic carbocycles. The van der Waals surface area contributed by atoms with Gasteiger partial charge < -0.3 is 19.9 Å². The third kappa shape index (κ3) is 6.49. The largest absolute Gasteiger partial charge is 0.450 e. The summed E-state index contributed by atoms with van der Waals surface area (Å²) >= 11 is 0. The normalized spacial score (nSPS) is 18.6. The fourth-order valence-corrected chi connectivity index (χ4v) is 3.11. The first-order valence-corrected chi connectivity index (χ1v) is 8.79. The van der Waals surface area contributed by atoms with Gasteiger partial charge in [-0.3, -0.25) is 4.99 Å². The number of piperazine rings is 1. The predicted octanol–water partition coefficient (Wildman–Crippen LogP) is 2.84. The molecule has 1 saturated heterocycles. The third-order valence-corrected chi connectivity index (χ3v) is 4.43. The zero-order chi connectivity index (χ0) is 16.5. The number of nitrogens with one attached hydrogen (secondary N) is 1. The highest BCUT2D eigenvalue weighted by Gasteiger charge is 2.23. The minimum absolute atomic E-state index is 0. The van der Waals surface area contributed by atoms with Crippen LogP contribution in [0.1, 0.15) is 39.0 Å². The fraction of sp³-hybridized carbons (Fsp3) is 0.765. The molecule has 7 heteroatoms. The van der Waals surface area contributed by atoms with Crippen LogP contribution >= 0.6 is 24.0 Å². The van der Waals surface area contributed by atoms with Crippen molar-refractivity contribution >= 4 is 36.0 Å². The number of ether oxygens (including phenoxy) is 1. The lowest BCUT2D eigenvalue weighted by Crippen LogP contribution is -2.54. The molecule has 24 heavy (non-hydrogen) atoms. The Balaban J connectivity index is 0.00000288. The predicted molar refractivity (Wildman–Crippen MR) is 108 cm³/mol. The highest BCUT2D eigenvalue weighted by atomic mass is 127.